The maximum absolute atomic E-state index is 4.38. The van der Waals surface area contributed by atoms with Gasteiger partial charge in [-0.1, -0.05) is 0 Å². The molecule has 1 rings (SSSR count). The zero-order valence-electron chi connectivity index (χ0n) is 8.25. The van der Waals surface area contributed by atoms with Crippen LogP contribution in [0, 0.1) is 0 Å². The molecule has 0 aromatic carbocycles. The summed E-state index contributed by atoms with van der Waals surface area (Å²) in [5, 5.41) is 0. The van der Waals surface area contributed by atoms with Crippen molar-refractivity contribution in [2.24, 2.45) is 0 Å². The summed E-state index contributed by atoms with van der Waals surface area (Å²) in [6.45, 7) is 4.26. The predicted octanol–water partition coefficient (Wildman–Crippen LogP) is 2.26. The summed E-state index contributed by atoms with van der Waals surface area (Å²) in [5.41, 5.74) is 0. The molecule has 0 aliphatic rings. The molecule has 1 aromatic rings. The van der Waals surface area contributed by atoms with Gasteiger partial charge in [0.2, 0.25) is 0 Å². The van der Waals surface area contributed by atoms with E-state index in [4.69, 9.17) is 0 Å². The molecule has 0 radical (unpaired) electrons. The van der Waals surface area contributed by atoms with Crippen LogP contribution in [0.1, 0.15) is 13.8 Å². The van der Waals surface area contributed by atoms with Gasteiger partial charge in [0.15, 0.2) is 0 Å². The van der Waals surface area contributed by atoms with Crippen molar-refractivity contribution in [1.82, 2.24) is 0 Å². The van der Waals surface area contributed by atoms with Gasteiger partial charge in [-0.25, -0.2) is 0 Å². The Morgan fingerprint density at radius 3 is 1.80 bits per heavy atom. The molecule has 0 aliphatic heterocycles. The standard InChI is InChI=1S/C8H12S5Se2/c1-5(9)12-14-7-3-4-8(11-7)15-13-6(2)10/h3-6,9-10H,1-2H3. The van der Waals surface area contributed by atoms with Crippen LogP contribution < -0.4 is 7.55 Å². The summed E-state index contributed by atoms with van der Waals surface area (Å²) >= 11 is 11.8. The topological polar surface area (TPSA) is 0 Å². The zero-order valence-corrected chi connectivity index (χ0v) is 15.9. The third-order valence-corrected chi connectivity index (χ3v) is 16.1. The van der Waals surface area contributed by atoms with Gasteiger partial charge in [0.1, 0.15) is 0 Å². The van der Waals surface area contributed by atoms with Crippen LogP contribution in [0.2, 0.25) is 0 Å². The fourth-order valence-corrected chi connectivity index (χ4v) is 11.7. The van der Waals surface area contributed by atoms with Gasteiger partial charge in [0, 0.05) is 0 Å². The number of thiol groups is 2. The third-order valence-electron chi connectivity index (χ3n) is 1.10. The van der Waals surface area contributed by atoms with E-state index in [0.717, 1.165) is 0 Å². The molecule has 86 valence electrons. The molecular formula is C8H12S5Se2. The summed E-state index contributed by atoms with van der Waals surface area (Å²) in [6, 6.07) is 4.54. The average Bonchev–Trinajstić information content (AvgIpc) is 2.59. The molecule has 2 atom stereocenters. The average molecular weight is 426 g/mol. The first-order valence-electron chi connectivity index (χ1n) is 4.20. The normalized spacial score (nSPS) is 15.2. The van der Waals surface area contributed by atoms with E-state index in [0.29, 0.717) is 36.8 Å². The third kappa shape index (κ3) is 7.22. The molecular weight excluding hydrogens is 414 g/mol. The Hall–Kier alpha value is 2.14. The Morgan fingerprint density at radius 2 is 1.47 bits per heavy atom. The van der Waals surface area contributed by atoms with Gasteiger partial charge in [0.05, 0.1) is 0 Å². The minimum absolute atomic E-state index is 0.452. The predicted molar refractivity (Wildman–Crippen MR) is 87.2 cm³/mol. The van der Waals surface area contributed by atoms with Crippen molar-refractivity contribution >= 4 is 92.2 Å². The molecule has 1 aromatic heterocycles. The van der Waals surface area contributed by atoms with Crippen molar-refractivity contribution in [3.8, 4) is 0 Å². The van der Waals surface area contributed by atoms with Gasteiger partial charge in [-0.3, -0.25) is 0 Å². The Balaban J connectivity index is 2.35. The van der Waals surface area contributed by atoms with Crippen molar-refractivity contribution in [2.45, 2.75) is 23.0 Å². The Labute approximate surface area is 126 Å². The molecule has 7 heteroatoms. The Kier molecular flexibility index (Phi) is 8.39. The number of rotatable bonds is 6. The molecule has 0 saturated heterocycles. The van der Waals surface area contributed by atoms with E-state index in [2.05, 4.69) is 51.2 Å². The van der Waals surface area contributed by atoms with Crippen molar-refractivity contribution in [3.05, 3.63) is 12.1 Å². The maximum atomic E-state index is 4.38. The second-order valence-electron chi connectivity index (χ2n) is 2.63. The second-order valence-corrected chi connectivity index (χ2v) is 15.6. The zero-order chi connectivity index (χ0) is 11.3. The molecule has 1 heterocycles. The van der Waals surface area contributed by atoms with Crippen LogP contribution in [0.3, 0.4) is 0 Å². The summed E-state index contributed by atoms with van der Waals surface area (Å²) in [6.07, 6.45) is 0. The summed E-state index contributed by atoms with van der Waals surface area (Å²) in [5.74, 6) is 0. The van der Waals surface area contributed by atoms with Crippen molar-refractivity contribution in [3.63, 3.8) is 0 Å². The molecule has 0 N–H and O–H groups in total. The molecule has 0 aliphatic carbocycles. The van der Waals surface area contributed by atoms with Crippen LogP contribution in [0.4, 0.5) is 0 Å². The SMILES string of the molecule is CC(S)S[Se]c1ccc([Se]SC(C)S)s1. The number of hydrogen-bond donors (Lipinski definition) is 2. The van der Waals surface area contributed by atoms with Crippen LogP contribution in [0.15, 0.2) is 12.1 Å². The van der Waals surface area contributed by atoms with Crippen molar-refractivity contribution < 1.29 is 0 Å². The first-order chi connectivity index (χ1) is 7.08. The quantitative estimate of drug-likeness (QED) is 0.407. The number of hydrogen-bond acceptors (Lipinski definition) is 5. The van der Waals surface area contributed by atoms with E-state index >= 15 is 0 Å². The van der Waals surface area contributed by atoms with Gasteiger partial charge in [-0.15, -0.1) is 0 Å². The molecule has 0 saturated carbocycles. The fourth-order valence-electron chi connectivity index (χ4n) is 0.627. The van der Waals surface area contributed by atoms with Gasteiger partial charge in [0.25, 0.3) is 0 Å². The van der Waals surface area contributed by atoms with Gasteiger partial charge in [-0.05, 0) is 0 Å². The monoisotopic (exact) mass is 428 g/mol. The summed E-state index contributed by atoms with van der Waals surface area (Å²) in [7, 11) is 3.89. The van der Waals surface area contributed by atoms with Crippen LogP contribution in [-0.2, 0) is 0 Å². The minimum atomic E-state index is 0.452. The van der Waals surface area contributed by atoms with E-state index in [1.807, 2.05) is 31.7 Å². The van der Waals surface area contributed by atoms with E-state index < -0.39 is 0 Å². The second kappa shape index (κ2) is 8.28. The molecule has 0 amide bonds. The molecule has 0 bridgehead atoms. The van der Waals surface area contributed by atoms with Crippen LogP contribution >= 0.6 is 57.0 Å². The van der Waals surface area contributed by atoms with Gasteiger partial charge < -0.3 is 0 Å². The summed E-state index contributed by atoms with van der Waals surface area (Å²) in [4.78, 5) is 0. The van der Waals surface area contributed by atoms with Crippen LogP contribution in [-0.4, -0.2) is 36.8 Å². The fraction of sp³-hybridized carbons (Fsp3) is 0.500. The molecule has 0 spiro atoms. The van der Waals surface area contributed by atoms with E-state index in [1.165, 1.54) is 7.55 Å². The Morgan fingerprint density at radius 1 is 1.07 bits per heavy atom. The van der Waals surface area contributed by atoms with Gasteiger partial charge >= 0.3 is 127 Å². The van der Waals surface area contributed by atoms with E-state index in [1.54, 1.807) is 0 Å². The van der Waals surface area contributed by atoms with E-state index in [9.17, 15) is 0 Å². The first-order valence-corrected chi connectivity index (χ1v) is 13.6. The molecule has 0 nitrogen and oxygen atoms in total. The molecule has 0 fully saturated rings. The van der Waals surface area contributed by atoms with E-state index in [-0.39, 0.29) is 0 Å². The first kappa shape index (κ1) is 15.2. The number of thiophene rings is 1. The van der Waals surface area contributed by atoms with Crippen LogP contribution in [0.25, 0.3) is 0 Å². The van der Waals surface area contributed by atoms with Gasteiger partial charge in [-0.2, -0.15) is 0 Å². The van der Waals surface area contributed by atoms with Crippen molar-refractivity contribution in [2.75, 3.05) is 0 Å². The molecule has 2 unspecified atom stereocenters. The molecule has 15 heavy (non-hydrogen) atoms. The van der Waals surface area contributed by atoms with Crippen molar-refractivity contribution in [1.29, 1.82) is 0 Å². The summed E-state index contributed by atoms with van der Waals surface area (Å²) < 4.78 is 3.95. The van der Waals surface area contributed by atoms with Crippen LogP contribution in [0.5, 0.6) is 0 Å². The Bertz CT molecular complexity index is 260.